The Morgan fingerprint density at radius 1 is 1.28 bits per heavy atom. The number of ether oxygens (including phenoxy) is 3. The van der Waals surface area contributed by atoms with Crippen LogP contribution in [0.5, 0.6) is 11.5 Å². The number of hydrogen-bond acceptors (Lipinski definition) is 6. The highest BCUT2D eigenvalue weighted by Gasteiger charge is 2.47. The average molecular weight is 418 g/mol. The second kappa shape index (κ2) is 7.10. The van der Waals surface area contributed by atoms with Crippen LogP contribution in [0.4, 0.5) is 0 Å². The number of Topliss-reactive ketones (excluding diaryl/α,β-unsaturated/α-hetero) is 1. The molecule has 0 radical (unpaired) electrons. The van der Waals surface area contributed by atoms with Crippen LogP contribution in [0, 0.1) is 11.3 Å². The first kappa shape index (κ1) is 19.8. The van der Waals surface area contributed by atoms with Gasteiger partial charge in [0.25, 0.3) is 0 Å². The minimum Gasteiger partial charge on any atom is -0.463 e. The Morgan fingerprint density at radius 2 is 1.97 bits per heavy atom. The van der Waals surface area contributed by atoms with Crippen LogP contribution < -0.4 is 14.8 Å². The Morgan fingerprint density at radius 3 is 2.66 bits per heavy atom. The van der Waals surface area contributed by atoms with Crippen LogP contribution in [-0.4, -0.2) is 25.2 Å². The molecule has 1 aromatic rings. The van der Waals surface area contributed by atoms with Gasteiger partial charge in [0.05, 0.1) is 18.1 Å². The van der Waals surface area contributed by atoms with Gasteiger partial charge in [0, 0.05) is 34.8 Å². The third-order valence-electron chi connectivity index (χ3n) is 5.56. The standard InChI is InChI=1S/C22H24ClNO5/c1-5-27-21(26)18-11(2)24-14-8-22(3,4)9-15(25)20(14)19(18)12-6-16-17(7-13(12)23)29-10-28-16/h6-8,19-20,24H,5,9-10H2,1-4H3. The van der Waals surface area contributed by atoms with E-state index in [1.54, 1.807) is 19.1 Å². The SMILES string of the molecule is CCOC(=O)C1=C(C)NC2=CC(C)(C)CC(=O)C2C1c1cc2c(cc1Cl)OCO2. The van der Waals surface area contributed by atoms with Gasteiger partial charge in [0.2, 0.25) is 6.79 Å². The molecule has 0 spiro atoms. The van der Waals surface area contributed by atoms with Gasteiger partial charge in [0.1, 0.15) is 5.78 Å². The number of hydrogen-bond donors (Lipinski definition) is 1. The zero-order valence-corrected chi connectivity index (χ0v) is 17.7. The van der Waals surface area contributed by atoms with Gasteiger partial charge in [-0.15, -0.1) is 0 Å². The van der Waals surface area contributed by atoms with Gasteiger partial charge in [0.15, 0.2) is 11.5 Å². The minimum atomic E-state index is -0.563. The van der Waals surface area contributed by atoms with E-state index >= 15 is 0 Å². The van der Waals surface area contributed by atoms with Gasteiger partial charge in [-0.05, 0) is 30.9 Å². The van der Waals surface area contributed by atoms with Crippen molar-refractivity contribution in [2.24, 2.45) is 11.3 Å². The number of rotatable bonds is 3. The van der Waals surface area contributed by atoms with Crippen LogP contribution in [0.25, 0.3) is 0 Å². The maximum atomic E-state index is 13.3. The van der Waals surface area contributed by atoms with E-state index in [0.29, 0.717) is 39.8 Å². The van der Waals surface area contributed by atoms with Crippen molar-refractivity contribution in [2.75, 3.05) is 13.4 Å². The highest BCUT2D eigenvalue weighted by atomic mass is 35.5. The molecule has 29 heavy (non-hydrogen) atoms. The third-order valence-corrected chi connectivity index (χ3v) is 5.89. The van der Waals surface area contributed by atoms with Gasteiger partial charge in [-0.1, -0.05) is 31.5 Å². The van der Waals surface area contributed by atoms with E-state index in [1.807, 2.05) is 20.8 Å². The number of ketones is 1. The number of benzene rings is 1. The monoisotopic (exact) mass is 417 g/mol. The summed E-state index contributed by atoms with van der Waals surface area (Å²) in [7, 11) is 0. The van der Waals surface area contributed by atoms with Crippen molar-refractivity contribution < 1.29 is 23.8 Å². The van der Waals surface area contributed by atoms with Crippen LogP contribution in [0.2, 0.25) is 5.02 Å². The summed E-state index contributed by atoms with van der Waals surface area (Å²) in [6.45, 7) is 7.99. The van der Waals surface area contributed by atoms with Crippen molar-refractivity contribution in [3.63, 3.8) is 0 Å². The first-order valence-electron chi connectivity index (χ1n) is 9.71. The van der Waals surface area contributed by atoms with Gasteiger partial charge in [-0.2, -0.15) is 0 Å². The van der Waals surface area contributed by atoms with Crippen molar-refractivity contribution in [1.29, 1.82) is 0 Å². The summed E-state index contributed by atoms with van der Waals surface area (Å²) in [6, 6.07) is 3.46. The molecule has 2 atom stereocenters. The lowest BCUT2D eigenvalue weighted by molar-refractivity contribution is -0.139. The summed E-state index contributed by atoms with van der Waals surface area (Å²) in [5.74, 6) is -0.382. The molecule has 2 heterocycles. The Kier molecular flexibility index (Phi) is 4.85. The highest BCUT2D eigenvalue weighted by molar-refractivity contribution is 6.31. The van der Waals surface area contributed by atoms with Crippen LogP contribution in [0.1, 0.15) is 45.6 Å². The first-order chi connectivity index (χ1) is 13.7. The quantitative estimate of drug-likeness (QED) is 0.746. The fraction of sp³-hybridized carbons (Fsp3) is 0.455. The van der Waals surface area contributed by atoms with Crippen LogP contribution in [0.3, 0.4) is 0 Å². The predicted molar refractivity (Wildman–Crippen MR) is 108 cm³/mol. The molecular formula is C22H24ClNO5. The van der Waals surface area contributed by atoms with E-state index in [-0.39, 0.29) is 24.6 Å². The molecule has 4 rings (SSSR count). The van der Waals surface area contributed by atoms with E-state index in [4.69, 9.17) is 25.8 Å². The fourth-order valence-corrected chi connectivity index (χ4v) is 4.72. The lowest BCUT2D eigenvalue weighted by Crippen LogP contribution is -2.43. The number of fused-ring (bicyclic) bond motifs is 2. The van der Waals surface area contributed by atoms with Crippen molar-refractivity contribution in [3.05, 3.63) is 45.8 Å². The van der Waals surface area contributed by atoms with Crippen molar-refractivity contribution in [1.82, 2.24) is 5.32 Å². The van der Waals surface area contributed by atoms with E-state index in [9.17, 15) is 9.59 Å². The third kappa shape index (κ3) is 3.39. The predicted octanol–water partition coefficient (Wildman–Crippen LogP) is 4.09. The number of nitrogens with one attached hydrogen (secondary N) is 1. The fourth-order valence-electron chi connectivity index (χ4n) is 4.45. The van der Waals surface area contributed by atoms with Crippen LogP contribution in [-0.2, 0) is 14.3 Å². The molecule has 1 N–H and O–H groups in total. The minimum absolute atomic E-state index is 0.0630. The molecule has 7 heteroatoms. The lowest BCUT2D eigenvalue weighted by Gasteiger charge is -2.41. The summed E-state index contributed by atoms with van der Waals surface area (Å²) in [4.78, 5) is 26.1. The zero-order valence-electron chi connectivity index (χ0n) is 16.9. The maximum absolute atomic E-state index is 13.3. The van der Waals surface area contributed by atoms with Crippen molar-refractivity contribution in [3.8, 4) is 11.5 Å². The molecule has 154 valence electrons. The molecule has 0 fully saturated rings. The van der Waals surface area contributed by atoms with E-state index in [1.165, 1.54) is 0 Å². The maximum Gasteiger partial charge on any atom is 0.336 e. The molecule has 0 amide bonds. The largest absolute Gasteiger partial charge is 0.463 e. The summed E-state index contributed by atoms with van der Waals surface area (Å²) in [5.41, 5.74) is 2.28. The Labute approximate surface area is 174 Å². The molecule has 0 aromatic heterocycles. The van der Waals surface area contributed by atoms with Gasteiger partial charge in [-0.3, -0.25) is 4.79 Å². The molecule has 0 saturated heterocycles. The molecule has 3 aliphatic rings. The van der Waals surface area contributed by atoms with Gasteiger partial charge < -0.3 is 19.5 Å². The molecule has 2 unspecified atom stereocenters. The highest BCUT2D eigenvalue weighted by Crippen LogP contribution is 2.50. The molecular weight excluding hydrogens is 394 g/mol. The molecule has 0 bridgehead atoms. The molecule has 6 nitrogen and oxygen atoms in total. The van der Waals surface area contributed by atoms with Gasteiger partial charge >= 0.3 is 5.97 Å². The second-order valence-corrected chi connectivity index (χ2v) is 8.71. The van der Waals surface area contributed by atoms with Crippen molar-refractivity contribution in [2.45, 2.75) is 40.0 Å². The second-order valence-electron chi connectivity index (χ2n) is 8.30. The van der Waals surface area contributed by atoms with Gasteiger partial charge in [-0.25, -0.2) is 4.79 Å². The summed E-state index contributed by atoms with van der Waals surface area (Å²) in [5, 5.41) is 3.71. The topological polar surface area (TPSA) is 73.9 Å². The number of allylic oxidation sites excluding steroid dienone is 3. The van der Waals surface area contributed by atoms with Crippen LogP contribution >= 0.6 is 11.6 Å². The molecule has 1 aliphatic carbocycles. The molecule has 1 aromatic carbocycles. The van der Waals surface area contributed by atoms with Crippen LogP contribution in [0.15, 0.2) is 35.2 Å². The number of carbonyl (C=O) groups is 2. The Hall–Kier alpha value is -2.47. The Bertz CT molecular complexity index is 962. The van der Waals surface area contributed by atoms with E-state index in [2.05, 4.69) is 11.4 Å². The molecule has 0 saturated carbocycles. The lowest BCUT2D eigenvalue weighted by atomic mass is 9.66. The smallest absolute Gasteiger partial charge is 0.336 e. The van der Waals surface area contributed by atoms with E-state index in [0.717, 1.165) is 5.70 Å². The number of esters is 1. The summed E-state index contributed by atoms with van der Waals surface area (Å²) in [6.07, 6.45) is 2.47. The normalized spacial score (nSPS) is 24.6. The Balaban J connectivity index is 1.92. The zero-order chi connectivity index (χ0) is 20.9. The molecule has 2 aliphatic heterocycles. The first-order valence-corrected chi connectivity index (χ1v) is 10.1. The number of halogens is 1. The summed E-state index contributed by atoms with van der Waals surface area (Å²) < 4.78 is 16.3. The summed E-state index contributed by atoms with van der Waals surface area (Å²) >= 11 is 6.61. The average Bonchev–Trinajstić information content (AvgIpc) is 3.05. The van der Waals surface area contributed by atoms with E-state index < -0.39 is 17.8 Å². The number of carbonyl (C=O) groups excluding carboxylic acids is 2. The van der Waals surface area contributed by atoms with Crippen molar-refractivity contribution >= 4 is 23.4 Å².